The summed E-state index contributed by atoms with van der Waals surface area (Å²) < 4.78 is 19.6. The molecule has 1 N–H and O–H groups in total. The molecule has 1 fully saturated rings. The lowest BCUT2D eigenvalue weighted by Crippen LogP contribution is -2.54. The third kappa shape index (κ3) is 4.45. The van der Waals surface area contributed by atoms with Crippen LogP contribution >= 0.6 is 0 Å². The molecule has 172 valence electrons. The van der Waals surface area contributed by atoms with Gasteiger partial charge in [-0.25, -0.2) is 14.1 Å². The molecule has 1 aliphatic heterocycles. The average Bonchev–Trinajstić information content (AvgIpc) is 2.80. The molecule has 0 saturated carbocycles. The summed E-state index contributed by atoms with van der Waals surface area (Å²) in [5, 5.41) is 2.25. The fourth-order valence-corrected chi connectivity index (χ4v) is 3.94. The minimum atomic E-state index is -0.805. The van der Waals surface area contributed by atoms with Gasteiger partial charge in [0.05, 0.1) is 12.8 Å². The van der Waals surface area contributed by atoms with Crippen LogP contribution in [0, 0.1) is 19.7 Å². The summed E-state index contributed by atoms with van der Waals surface area (Å²) in [6.45, 7) is 3.70. The molecule has 4 rings (SSSR count). The maximum absolute atomic E-state index is 14.3. The molecule has 1 aliphatic rings. The highest BCUT2D eigenvalue weighted by atomic mass is 19.1. The number of urea groups is 1. The number of benzene rings is 3. The number of barbiturate groups is 1. The van der Waals surface area contributed by atoms with E-state index >= 15 is 0 Å². The fraction of sp³-hybridized carbons (Fsp3) is 0.148. The van der Waals surface area contributed by atoms with Crippen LogP contribution in [0.3, 0.4) is 0 Å². The van der Waals surface area contributed by atoms with Gasteiger partial charge in [0.2, 0.25) is 0 Å². The summed E-state index contributed by atoms with van der Waals surface area (Å²) in [4.78, 5) is 39.5. The molecule has 1 saturated heterocycles. The zero-order valence-corrected chi connectivity index (χ0v) is 19.0. The number of imide groups is 2. The third-order valence-electron chi connectivity index (χ3n) is 5.68. The molecule has 0 aromatic heterocycles. The van der Waals surface area contributed by atoms with Gasteiger partial charge >= 0.3 is 6.03 Å². The second-order valence-electron chi connectivity index (χ2n) is 8.08. The van der Waals surface area contributed by atoms with Crippen LogP contribution < -0.4 is 15.0 Å². The molecule has 3 aromatic carbocycles. The van der Waals surface area contributed by atoms with E-state index in [0.717, 1.165) is 16.0 Å². The SMILES string of the molecule is COc1ccc(/C=C2\C(=O)NC(=O)N(c3ccc(C)cc3C)C2=O)c(Cc2ccccc2F)c1. The van der Waals surface area contributed by atoms with Gasteiger partial charge in [0.25, 0.3) is 11.8 Å². The number of rotatable bonds is 5. The Morgan fingerprint density at radius 1 is 0.971 bits per heavy atom. The number of methoxy groups -OCH3 is 1. The van der Waals surface area contributed by atoms with E-state index in [1.54, 1.807) is 55.5 Å². The number of halogens is 1. The summed E-state index contributed by atoms with van der Waals surface area (Å²) in [5.74, 6) is -1.32. The number of anilines is 1. The number of hydrogen-bond donors (Lipinski definition) is 1. The van der Waals surface area contributed by atoms with Crippen LogP contribution in [0.25, 0.3) is 6.08 Å². The number of hydrogen-bond acceptors (Lipinski definition) is 4. The van der Waals surface area contributed by atoms with Crippen LogP contribution in [-0.4, -0.2) is 25.0 Å². The second kappa shape index (κ2) is 9.31. The molecule has 0 atom stereocenters. The predicted octanol–water partition coefficient (Wildman–Crippen LogP) is 4.71. The lowest BCUT2D eigenvalue weighted by atomic mass is 9.96. The number of nitrogens with zero attached hydrogens (tertiary/aromatic N) is 1. The van der Waals surface area contributed by atoms with E-state index in [1.807, 2.05) is 13.0 Å². The Hall–Kier alpha value is -4.26. The number of carbonyl (C=O) groups excluding carboxylic acids is 3. The molecule has 0 spiro atoms. The van der Waals surface area contributed by atoms with Crippen LogP contribution in [-0.2, 0) is 16.0 Å². The van der Waals surface area contributed by atoms with Gasteiger partial charge in [0.1, 0.15) is 17.1 Å². The van der Waals surface area contributed by atoms with Crippen molar-refractivity contribution < 1.29 is 23.5 Å². The molecular weight excluding hydrogens is 435 g/mol. The van der Waals surface area contributed by atoms with Crippen LogP contribution in [0.1, 0.15) is 27.8 Å². The van der Waals surface area contributed by atoms with E-state index < -0.39 is 17.8 Å². The number of amides is 4. The van der Waals surface area contributed by atoms with E-state index in [-0.39, 0.29) is 17.8 Å². The molecular formula is C27H23FN2O4. The Kier molecular flexibility index (Phi) is 6.27. The highest BCUT2D eigenvalue weighted by Gasteiger charge is 2.37. The molecule has 7 heteroatoms. The van der Waals surface area contributed by atoms with E-state index in [2.05, 4.69) is 5.32 Å². The minimum absolute atomic E-state index is 0.195. The first-order chi connectivity index (χ1) is 16.3. The maximum atomic E-state index is 14.3. The summed E-state index contributed by atoms with van der Waals surface area (Å²) in [5.41, 5.74) is 3.56. The molecule has 1 heterocycles. The van der Waals surface area contributed by atoms with Crippen molar-refractivity contribution in [3.8, 4) is 5.75 Å². The Labute approximate surface area is 196 Å². The number of aryl methyl sites for hydroxylation is 2. The van der Waals surface area contributed by atoms with Gasteiger partial charge in [-0.1, -0.05) is 42.0 Å². The maximum Gasteiger partial charge on any atom is 0.335 e. The van der Waals surface area contributed by atoms with E-state index in [4.69, 9.17) is 4.74 Å². The quantitative estimate of drug-likeness (QED) is 0.444. The fourth-order valence-electron chi connectivity index (χ4n) is 3.94. The highest BCUT2D eigenvalue weighted by molar-refractivity contribution is 6.39. The van der Waals surface area contributed by atoms with Crippen molar-refractivity contribution in [1.29, 1.82) is 0 Å². The van der Waals surface area contributed by atoms with Gasteiger partial charge in [0.15, 0.2) is 0 Å². The summed E-state index contributed by atoms with van der Waals surface area (Å²) >= 11 is 0. The van der Waals surface area contributed by atoms with Gasteiger partial charge < -0.3 is 4.74 Å². The monoisotopic (exact) mass is 458 g/mol. The van der Waals surface area contributed by atoms with Crippen LogP contribution in [0.4, 0.5) is 14.9 Å². The van der Waals surface area contributed by atoms with Crippen molar-refractivity contribution in [2.75, 3.05) is 12.0 Å². The molecule has 0 bridgehead atoms. The van der Waals surface area contributed by atoms with Crippen LogP contribution in [0.15, 0.2) is 66.2 Å². The lowest BCUT2D eigenvalue weighted by Gasteiger charge is -2.27. The van der Waals surface area contributed by atoms with Crippen molar-refractivity contribution in [3.63, 3.8) is 0 Å². The lowest BCUT2D eigenvalue weighted by molar-refractivity contribution is -0.122. The summed E-state index contributed by atoms with van der Waals surface area (Å²) in [6, 6.07) is 16.0. The normalized spacial score (nSPS) is 15.0. The van der Waals surface area contributed by atoms with Crippen molar-refractivity contribution in [2.24, 2.45) is 0 Å². The Balaban J connectivity index is 1.78. The topological polar surface area (TPSA) is 75.7 Å². The predicted molar refractivity (Wildman–Crippen MR) is 127 cm³/mol. The van der Waals surface area contributed by atoms with Gasteiger partial charge in [-0.15, -0.1) is 0 Å². The first-order valence-electron chi connectivity index (χ1n) is 10.7. The molecule has 6 nitrogen and oxygen atoms in total. The van der Waals surface area contributed by atoms with Gasteiger partial charge in [-0.3, -0.25) is 14.9 Å². The largest absolute Gasteiger partial charge is 0.497 e. The van der Waals surface area contributed by atoms with E-state index in [9.17, 15) is 18.8 Å². The highest BCUT2D eigenvalue weighted by Crippen LogP contribution is 2.28. The number of nitrogens with one attached hydrogen (secondary N) is 1. The zero-order chi connectivity index (χ0) is 24.4. The van der Waals surface area contributed by atoms with Crippen molar-refractivity contribution in [2.45, 2.75) is 20.3 Å². The molecule has 0 radical (unpaired) electrons. The van der Waals surface area contributed by atoms with E-state index in [0.29, 0.717) is 28.1 Å². The van der Waals surface area contributed by atoms with Crippen molar-refractivity contribution in [1.82, 2.24) is 5.32 Å². The van der Waals surface area contributed by atoms with Crippen LogP contribution in [0.2, 0.25) is 0 Å². The Morgan fingerprint density at radius 3 is 2.44 bits per heavy atom. The van der Waals surface area contributed by atoms with Gasteiger partial charge in [-0.2, -0.15) is 0 Å². The zero-order valence-electron chi connectivity index (χ0n) is 19.0. The molecule has 34 heavy (non-hydrogen) atoms. The Bertz CT molecular complexity index is 1350. The number of carbonyl (C=O) groups is 3. The molecule has 0 aliphatic carbocycles. The van der Waals surface area contributed by atoms with Gasteiger partial charge in [-0.05, 0) is 66.4 Å². The van der Waals surface area contributed by atoms with Crippen molar-refractivity contribution in [3.05, 3.63) is 99.9 Å². The smallest absolute Gasteiger partial charge is 0.335 e. The first-order valence-corrected chi connectivity index (χ1v) is 10.7. The van der Waals surface area contributed by atoms with E-state index in [1.165, 1.54) is 19.3 Å². The molecule has 0 unspecified atom stereocenters. The molecule has 4 amide bonds. The summed E-state index contributed by atoms with van der Waals surface area (Å²) in [6.07, 6.45) is 1.65. The number of ether oxygens (including phenoxy) is 1. The first kappa shape index (κ1) is 22.9. The Morgan fingerprint density at radius 2 is 1.74 bits per heavy atom. The van der Waals surface area contributed by atoms with Crippen molar-refractivity contribution >= 4 is 29.6 Å². The minimum Gasteiger partial charge on any atom is -0.497 e. The van der Waals surface area contributed by atoms with Gasteiger partial charge in [0, 0.05) is 6.42 Å². The standard InChI is InChI=1S/C27H23FN2O4/c1-16-8-11-24(17(2)12-16)30-26(32)22(25(31)29-27(30)33)15-18-9-10-21(34-3)14-20(18)13-19-6-4-5-7-23(19)28/h4-12,14-15H,13H2,1-3H3,(H,29,31,33)/b22-15+. The van der Waals surface area contributed by atoms with Crippen LogP contribution in [0.5, 0.6) is 5.75 Å². The summed E-state index contributed by atoms with van der Waals surface area (Å²) in [7, 11) is 1.52. The average molecular weight is 458 g/mol. The molecule has 3 aromatic rings. The third-order valence-corrected chi connectivity index (χ3v) is 5.68. The second-order valence-corrected chi connectivity index (χ2v) is 8.08.